The molecular formula is C18H23N5O. The third kappa shape index (κ3) is 2.19. The van der Waals surface area contributed by atoms with E-state index >= 15 is 0 Å². The largest absolute Gasteiger partial charge is 0.330 e. The molecule has 4 heterocycles. The molecule has 2 aliphatic heterocycles. The standard InChI is InChI=1S/C18H23N5O/c1-12-3-2-4-17-19-10-16(23(12)17)18(24)21-7-8-22-14(11-21)9-15(20-22)13-5-6-13/h9-10,12-13H,2-8,11H2,1H3. The van der Waals surface area contributed by atoms with E-state index in [1.54, 1.807) is 6.20 Å². The van der Waals surface area contributed by atoms with Crippen LogP contribution in [0.25, 0.3) is 0 Å². The second-order valence-corrected chi connectivity index (χ2v) is 7.46. The normalized spacial score (nSPS) is 23.0. The van der Waals surface area contributed by atoms with E-state index in [9.17, 15) is 4.79 Å². The van der Waals surface area contributed by atoms with Gasteiger partial charge in [-0.15, -0.1) is 0 Å². The second-order valence-electron chi connectivity index (χ2n) is 7.46. The summed E-state index contributed by atoms with van der Waals surface area (Å²) in [5, 5.41) is 4.71. The minimum Gasteiger partial charge on any atom is -0.330 e. The zero-order valence-electron chi connectivity index (χ0n) is 14.1. The van der Waals surface area contributed by atoms with E-state index in [0.717, 1.165) is 37.4 Å². The number of hydrogen-bond acceptors (Lipinski definition) is 3. The Kier molecular flexibility index (Phi) is 3.08. The molecule has 1 saturated carbocycles. The van der Waals surface area contributed by atoms with Crippen LogP contribution in [0.2, 0.25) is 0 Å². The summed E-state index contributed by atoms with van der Waals surface area (Å²) in [4.78, 5) is 19.5. The highest BCUT2D eigenvalue weighted by Gasteiger charge is 2.31. The van der Waals surface area contributed by atoms with E-state index in [4.69, 9.17) is 5.10 Å². The van der Waals surface area contributed by atoms with Gasteiger partial charge in [0.1, 0.15) is 11.5 Å². The number of carbonyl (C=O) groups excluding carboxylic acids is 1. The molecule has 3 aliphatic rings. The minimum absolute atomic E-state index is 0.114. The van der Waals surface area contributed by atoms with Crippen LogP contribution < -0.4 is 0 Å². The molecule has 0 aromatic carbocycles. The van der Waals surface area contributed by atoms with Crippen molar-refractivity contribution in [2.24, 2.45) is 0 Å². The summed E-state index contributed by atoms with van der Waals surface area (Å²) in [6.07, 6.45) is 7.58. The fourth-order valence-electron chi connectivity index (χ4n) is 4.12. The van der Waals surface area contributed by atoms with Gasteiger partial charge in [-0.2, -0.15) is 5.10 Å². The van der Waals surface area contributed by atoms with Crippen LogP contribution in [0.4, 0.5) is 0 Å². The molecular weight excluding hydrogens is 302 g/mol. The van der Waals surface area contributed by atoms with Gasteiger partial charge in [0.2, 0.25) is 0 Å². The van der Waals surface area contributed by atoms with Crippen LogP contribution in [-0.4, -0.2) is 36.7 Å². The third-order valence-corrected chi connectivity index (χ3v) is 5.66. The summed E-state index contributed by atoms with van der Waals surface area (Å²) in [7, 11) is 0. The van der Waals surface area contributed by atoms with E-state index < -0.39 is 0 Å². The highest BCUT2D eigenvalue weighted by atomic mass is 16.2. The van der Waals surface area contributed by atoms with Crippen LogP contribution >= 0.6 is 0 Å². The Morgan fingerprint density at radius 3 is 2.96 bits per heavy atom. The third-order valence-electron chi connectivity index (χ3n) is 5.66. The Balaban J connectivity index is 1.41. The maximum atomic E-state index is 13.1. The Labute approximate surface area is 141 Å². The highest BCUT2D eigenvalue weighted by molar-refractivity contribution is 5.92. The van der Waals surface area contributed by atoms with Crippen molar-refractivity contribution in [2.45, 2.75) is 64.1 Å². The molecule has 6 nitrogen and oxygen atoms in total. The van der Waals surface area contributed by atoms with Gasteiger partial charge in [-0.1, -0.05) is 0 Å². The molecule has 0 bridgehead atoms. The summed E-state index contributed by atoms with van der Waals surface area (Å²) >= 11 is 0. The van der Waals surface area contributed by atoms with Crippen LogP contribution in [0, 0.1) is 0 Å². The van der Waals surface area contributed by atoms with Crippen molar-refractivity contribution in [1.29, 1.82) is 0 Å². The van der Waals surface area contributed by atoms with Gasteiger partial charge in [-0.25, -0.2) is 4.98 Å². The molecule has 2 aromatic heterocycles. The molecule has 1 aliphatic carbocycles. The maximum Gasteiger partial charge on any atom is 0.272 e. The van der Waals surface area contributed by atoms with Gasteiger partial charge in [0, 0.05) is 24.9 Å². The molecule has 1 amide bonds. The molecule has 0 radical (unpaired) electrons. The zero-order valence-corrected chi connectivity index (χ0v) is 14.1. The van der Waals surface area contributed by atoms with Crippen LogP contribution in [0.5, 0.6) is 0 Å². The first kappa shape index (κ1) is 14.3. The van der Waals surface area contributed by atoms with Crippen molar-refractivity contribution in [1.82, 2.24) is 24.2 Å². The fourth-order valence-corrected chi connectivity index (χ4v) is 4.12. The summed E-state index contributed by atoms with van der Waals surface area (Å²) in [5.74, 6) is 1.84. The Hall–Kier alpha value is -2.11. The molecule has 1 atom stereocenters. The molecule has 0 N–H and O–H groups in total. The van der Waals surface area contributed by atoms with Crippen molar-refractivity contribution < 1.29 is 4.79 Å². The average Bonchev–Trinajstić information content (AvgIpc) is 3.20. The predicted molar refractivity (Wildman–Crippen MR) is 88.8 cm³/mol. The van der Waals surface area contributed by atoms with E-state index in [2.05, 4.69) is 27.2 Å². The van der Waals surface area contributed by atoms with Gasteiger partial charge in [0.15, 0.2) is 0 Å². The van der Waals surface area contributed by atoms with Crippen molar-refractivity contribution in [3.8, 4) is 0 Å². The first-order valence-electron chi connectivity index (χ1n) is 9.12. The first-order chi connectivity index (χ1) is 11.7. The number of rotatable bonds is 2. The lowest BCUT2D eigenvalue weighted by molar-refractivity contribution is 0.0691. The lowest BCUT2D eigenvalue weighted by atomic mass is 10.1. The number of carbonyl (C=O) groups is 1. The fraction of sp³-hybridized carbons (Fsp3) is 0.611. The molecule has 0 spiro atoms. The smallest absolute Gasteiger partial charge is 0.272 e. The average molecular weight is 325 g/mol. The van der Waals surface area contributed by atoms with Gasteiger partial charge in [-0.3, -0.25) is 9.48 Å². The summed E-state index contributed by atoms with van der Waals surface area (Å²) in [5.41, 5.74) is 3.14. The quantitative estimate of drug-likeness (QED) is 0.852. The van der Waals surface area contributed by atoms with Gasteiger partial charge < -0.3 is 9.47 Å². The number of imidazole rings is 1. The molecule has 1 unspecified atom stereocenters. The van der Waals surface area contributed by atoms with E-state index in [0.29, 0.717) is 18.5 Å². The molecule has 1 fully saturated rings. The van der Waals surface area contributed by atoms with Crippen LogP contribution in [-0.2, 0) is 19.5 Å². The van der Waals surface area contributed by atoms with E-state index in [-0.39, 0.29) is 5.91 Å². The number of fused-ring (bicyclic) bond motifs is 2. The van der Waals surface area contributed by atoms with Gasteiger partial charge >= 0.3 is 0 Å². The lowest BCUT2D eigenvalue weighted by Gasteiger charge is -2.29. The summed E-state index contributed by atoms with van der Waals surface area (Å²) in [6, 6.07) is 2.57. The highest BCUT2D eigenvalue weighted by Crippen LogP contribution is 2.39. The minimum atomic E-state index is 0.114. The lowest BCUT2D eigenvalue weighted by Crippen LogP contribution is -2.39. The van der Waals surface area contributed by atoms with Gasteiger partial charge in [0.25, 0.3) is 5.91 Å². The summed E-state index contributed by atoms with van der Waals surface area (Å²) in [6.45, 7) is 4.37. The van der Waals surface area contributed by atoms with Crippen molar-refractivity contribution in [3.05, 3.63) is 35.2 Å². The summed E-state index contributed by atoms with van der Waals surface area (Å²) < 4.78 is 4.25. The van der Waals surface area contributed by atoms with E-state index in [1.165, 1.54) is 30.7 Å². The predicted octanol–water partition coefficient (Wildman–Crippen LogP) is 2.51. The second kappa shape index (κ2) is 5.19. The number of nitrogens with zero attached hydrogens (tertiary/aromatic N) is 5. The number of aromatic nitrogens is 4. The molecule has 24 heavy (non-hydrogen) atoms. The Bertz CT molecular complexity index is 800. The van der Waals surface area contributed by atoms with E-state index in [1.807, 2.05) is 4.90 Å². The number of hydrogen-bond donors (Lipinski definition) is 0. The van der Waals surface area contributed by atoms with Gasteiger partial charge in [-0.05, 0) is 38.7 Å². The van der Waals surface area contributed by atoms with Crippen LogP contribution in [0.3, 0.4) is 0 Å². The molecule has 0 saturated heterocycles. The SMILES string of the molecule is CC1CCCc2ncc(C(=O)N3CCn4nc(C5CC5)cc4C3)n21. The Morgan fingerprint density at radius 1 is 1.25 bits per heavy atom. The van der Waals surface area contributed by atoms with Gasteiger partial charge in [0.05, 0.1) is 30.7 Å². The maximum absolute atomic E-state index is 13.1. The topological polar surface area (TPSA) is 56.0 Å². The first-order valence-corrected chi connectivity index (χ1v) is 9.12. The van der Waals surface area contributed by atoms with Crippen molar-refractivity contribution >= 4 is 5.91 Å². The Morgan fingerprint density at radius 2 is 2.12 bits per heavy atom. The van der Waals surface area contributed by atoms with Crippen molar-refractivity contribution in [2.75, 3.05) is 6.54 Å². The monoisotopic (exact) mass is 325 g/mol. The number of aryl methyl sites for hydroxylation is 1. The zero-order chi connectivity index (χ0) is 16.3. The molecule has 2 aromatic rings. The molecule has 5 rings (SSSR count). The van der Waals surface area contributed by atoms with Crippen LogP contribution in [0.15, 0.2) is 12.3 Å². The molecule has 6 heteroatoms. The number of amides is 1. The van der Waals surface area contributed by atoms with Crippen molar-refractivity contribution in [3.63, 3.8) is 0 Å². The molecule has 126 valence electrons. The van der Waals surface area contributed by atoms with Crippen LogP contribution in [0.1, 0.15) is 72.3 Å².